The van der Waals surface area contributed by atoms with E-state index in [2.05, 4.69) is 4.98 Å². The lowest BCUT2D eigenvalue weighted by atomic mass is 9.90. The summed E-state index contributed by atoms with van der Waals surface area (Å²) in [7, 11) is 0. The van der Waals surface area contributed by atoms with Crippen LogP contribution in [0.15, 0.2) is 97.3 Å². The van der Waals surface area contributed by atoms with Crippen LogP contribution in [-0.4, -0.2) is 29.1 Å². The number of benzene rings is 3. The molecular weight excluding hydrogens is 470 g/mol. The molecule has 0 spiro atoms. The summed E-state index contributed by atoms with van der Waals surface area (Å²) in [5.74, 6) is 0.867. The Hall–Kier alpha value is -4.23. The maximum Gasteiger partial charge on any atom is 0.241 e. The van der Waals surface area contributed by atoms with Gasteiger partial charge in [0.15, 0.2) is 16.6 Å². The minimum atomic E-state index is -0.476. The third-order valence-corrected chi connectivity index (χ3v) is 7.16. The van der Waals surface area contributed by atoms with E-state index in [4.69, 9.17) is 14.5 Å². The maximum atomic E-state index is 14.4. The fourth-order valence-corrected chi connectivity index (χ4v) is 5.39. The first-order valence-corrected chi connectivity index (χ1v) is 12.6. The average Bonchev–Trinajstić information content (AvgIpc) is 3.34. The number of carbonyl (C=O) groups is 1. The molecule has 6 nitrogen and oxygen atoms in total. The van der Waals surface area contributed by atoms with Gasteiger partial charge in [0.05, 0.1) is 22.7 Å². The number of carbonyl (C=O) groups excluding carboxylic acids is 1. The average molecular weight is 494 g/mol. The van der Waals surface area contributed by atoms with Gasteiger partial charge in [-0.25, -0.2) is 4.98 Å². The van der Waals surface area contributed by atoms with Crippen molar-refractivity contribution >= 4 is 32.6 Å². The normalized spacial score (nSPS) is 12.6. The highest BCUT2D eigenvalue weighted by Crippen LogP contribution is 2.40. The summed E-state index contributed by atoms with van der Waals surface area (Å²) < 4.78 is 12.5. The first-order valence-electron chi connectivity index (χ1n) is 11.8. The lowest BCUT2D eigenvalue weighted by Crippen LogP contribution is -2.35. The second kappa shape index (κ2) is 9.79. The van der Waals surface area contributed by atoms with Crippen molar-refractivity contribution in [2.75, 3.05) is 18.1 Å². The molecule has 0 fully saturated rings. The molecule has 6 rings (SSSR count). The van der Waals surface area contributed by atoms with E-state index in [1.54, 1.807) is 17.3 Å². The summed E-state index contributed by atoms with van der Waals surface area (Å²) in [4.78, 5) is 25.3. The quantitative estimate of drug-likeness (QED) is 0.298. The van der Waals surface area contributed by atoms with Crippen LogP contribution in [0.25, 0.3) is 10.2 Å². The minimum Gasteiger partial charge on any atom is -0.486 e. The van der Waals surface area contributed by atoms with E-state index in [9.17, 15) is 4.79 Å². The summed E-state index contributed by atoms with van der Waals surface area (Å²) in [5, 5.41) is 0.623. The second-order valence-electron chi connectivity index (χ2n) is 8.50. The Morgan fingerprint density at radius 2 is 1.56 bits per heavy atom. The van der Waals surface area contributed by atoms with Crippen LogP contribution < -0.4 is 14.4 Å². The number of nitrogens with zero attached hydrogens (tertiary/aromatic N) is 3. The van der Waals surface area contributed by atoms with E-state index < -0.39 is 5.92 Å². The SMILES string of the molecule is O=C(C(c1ccccc1)c1ccccc1)N(Cc1cccnc1)c1nc2cc3c(cc2s1)OCCO3. The first kappa shape index (κ1) is 22.2. The molecule has 1 aliphatic heterocycles. The van der Waals surface area contributed by atoms with Crippen molar-refractivity contribution in [3.8, 4) is 11.5 Å². The molecule has 0 bridgehead atoms. The number of pyridine rings is 1. The predicted molar refractivity (Wildman–Crippen MR) is 141 cm³/mol. The van der Waals surface area contributed by atoms with Gasteiger partial charge in [0.25, 0.3) is 0 Å². The molecule has 0 saturated heterocycles. The van der Waals surface area contributed by atoms with Gasteiger partial charge in [-0.15, -0.1) is 0 Å². The highest BCUT2D eigenvalue weighted by molar-refractivity contribution is 7.22. The Balaban J connectivity index is 1.46. The van der Waals surface area contributed by atoms with Crippen molar-refractivity contribution in [3.05, 3.63) is 114 Å². The number of ether oxygens (including phenoxy) is 2. The Morgan fingerprint density at radius 3 is 2.19 bits per heavy atom. The van der Waals surface area contributed by atoms with Crippen LogP contribution in [0.1, 0.15) is 22.6 Å². The summed E-state index contributed by atoms with van der Waals surface area (Å²) in [5.41, 5.74) is 3.57. The lowest BCUT2D eigenvalue weighted by Gasteiger charge is -2.26. The minimum absolute atomic E-state index is 0.0485. The van der Waals surface area contributed by atoms with Crippen LogP contribution in [-0.2, 0) is 11.3 Å². The van der Waals surface area contributed by atoms with Crippen molar-refractivity contribution in [1.82, 2.24) is 9.97 Å². The zero-order valence-electron chi connectivity index (χ0n) is 19.4. The molecule has 178 valence electrons. The zero-order valence-corrected chi connectivity index (χ0v) is 20.2. The molecule has 3 heterocycles. The Kier molecular flexibility index (Phi) is 6.05. The van der Waals surface area contributed by atoms with E-state index in [1.807, 2.05) is 84.9 Å². The van der Waals surface area contributed by atoms with Crippen LogP contribution in [0.3, 0.4) is 0 Å². The number of rotatable bonds is 6. The number of hydrogen-bond acceptors (Lipinski definition) is 6. The van der Waals surface area contributed by atoms with Gasteiger partial charge in [0.1, 0.15) is 13.2 Å². The molecule has 1 amide bonds. The van der Waals surface area contributed by atoms with Crippen molar-refractivity contribution in [2.24, 2.45) is 0 Å². The third-order valence-electron chi connectivity index (χ3n) is 6.11. The molecule has 0 unspecified atom stereocenters. The Bertz CT molecular complexity index is 1410. The van der Waals surface area contributed by atoms with Gasteiger partial charge in [-0.1, -0.05) is 78.1 Å². The van der Waals surface area contributed by atoms with E-state index in [-0.39, 0.29) is 5.91 Å². The van der Waals surface area contributed by atoms with Crippen LogP contribution in [0, 0.1) is 0 Å². The van der Waals surface area contributed by atoms with Gasteiger partial charge < -0.3 is 9.47 Å². The molecule has 3 aromatic carbocycles. The number of aromatic nitrogens is 2. The molecule has 2 aromatic heterocycles. The van der Waals surface area contributed by atoms with Gasteiger partial charge in [0.2, 0.25) is 5.91 Å². The smallest absolute Gasteiger partial charge is 0.241 e. The summed E-state index contributed by atoms with van der Waals surface area (Å²) in [6.45, 7) is 1.39. The van der Waals surface area contributed by atoms with Crippen molar-refractivity contribution in [3.63, 3.8) is 0 Å². The summed E-state index contributed by atoms with van der Waals surface area (Å²) in [6.07, 6.45) is 3.52. The van der Waals surface area contributed by atoms with E-state index in [0.29, 0.717) is 36.4 Å². The van der Waals surface area contributed by atoms with Gasteiger partial charge in [0, 0.05) is 24.5 Å². The fraction of sp³-hybridized carbons (Fsp3) is 0.138. The van der Waals surface area contributed by atoms with Crippen LogP contribution >= 0.6 is 11.3 Å². The number of anilines is 1. The molecular formula is C29H23N3O3S. The Labute approximate surface area is 212 Å². The van der Waals surface area contributed by atoms with Gasteiger partial charge in [-0.3, -0.25) is 14.7 Å². The molecule has 0 atom stereocenters. The molecule has 5 aromatic rings. The molecule has 1 aliphatic rings. The largest absolute Gasteiger partial charge is 0.486 e. The topological polar surface area (TPSA) is 64.6 Å². The number of hydrogen-bond donors (Lipinski definition) is 0. The van der Waals surface area contributed by atoms with Gasteiger partial charge in [-0.05, 0) is 22.8 Å². The molecule has 0 aliphatic carbocycles. The van der Waals surface area contributed by atoms with E-state index in [0.717, 1.165) is 26.9 Å². The number of fused-ring (bicyclic) bond motifs is 2. The molecule has 36 heavy (non-hydrogen) atoms. The van der Waals surface area contributed by atoms with Crippen LogP contribution in [0.2, 0.25) is 0 Å². The monoisotopic (exact) mass is 493 g/mol. The van der Waals surface area contributed by atoms with Crippen molar-refractivity contribution in [1.29, 1.82) is 0 Å². The second-order valence-corrected chi connectivity index (χ2v) is 9.51. The zero-order chi connectivity index (χ0) is 24.3. The summed E-state index contributed by atoms with van der Waals surface area (Å²) >= 11 is 1.47. The maximum absolute atomic E-state index is 14.4. The molecule has 7 heteroatoms. The third kappa shape index (κ3) is 4.41. The fourth-order valence-electron chi connectivity index (χ4n) is 4.41. The predicted octanol–water partition coefficient (Wildman–Crippen LogP) is 5.83. The van der Waals surface area contributed by atoms with Crippen molar-refractivity contribution in [2.45, 2.75) is 12.5 Å². The highest BCUT2D eigenvalue weighted by atomic mass is 32.1. The Morgan fingerprint density at radius 1 is 0.889 bits per heavy atom. The number of thiazole rings is 1. The van der Waals surface area contributed by atoms with E-state index >= 15 is 0 Å². The van der Waals surface area contributed by atoms with Crippen LogP contribution in [0.5, 0.6) is 11.5 Å². The molecule has 0 saturated carbocycles. The van der Waals surface area contributed by atoms with Crippen molar-refractivity contribution < 1.29 is 14.3 Å². The van der Waals surface area contributed by atoms with E-state index in [1.165, 1.54) is 11.3 Å². The van der Waals surface area contributed by atoms with Gasteiger partial charge in [-0.2, -0.15) is 0 Å². The lowest BCUT2D eigenvalue weighted by molar-refractivity contribution is -0.119. The summed E-state index contributed by atoms with van der Waals surface area (Å²) in [6, 6.07) is 27.5. The molecule has 0 radical (unpaired) electrons. The number of amides is 1. The van der Waals surface area contributed by atoms with Crippen LogP contribution in [0.4, 0.5) is 5.13 Å². The molecule has 0 N–H and O–H groups in total. The standard InChI is InChI=1S/C29H23N3O3S/c33-28(27(21-9-3-1-4-10-21)22-11-5-2-6-12-22)32(19-20-8-7-13-30-18-20)29-31-23-16-24-25(17-26(23)36-29)35-15-14-34-24/h1-13,16-18,27H,14-15,19H2. The first-order chi connectivity index (χ1) is 17.8. The highest BCUT2D eigenvalue weighted by Gasteiger charge is 2.31. The van der Waals surface area contributed by atoms with Gasteiger partial charge >= 0.3 is 0 Å².